The molecule has 0 aromatic heterocycles. The second-order valence-corrected chi connectivity index (χ2v) is 7.04. The monoisotopic (exact) mass is 286 g/mol. The molecule has 1 aliphatic rings. The molecule has 1 heteroatoms. The molecule has 1 aromatic carbocycles. The van der Waals surface area contributed by atoms with Gasteiger partial charge in [0, 0.05) is 5.56 Å². The highest BCUT2D eigenvalue weighted by Gasteiger charge is 2.34. The minimum Gasteiger partial charge on any atom is -0.488 e. The van der Waals surface area contributed by atoms with Crippen molar-refractivity contribution >= 4 is 5.76 Å². The van der Waals surface area contributed by atoms with Crippen LogP contribution in [0.3, 0.4) is 0 Å². The molecule has 0 heterocycles. The van der Waals surface area contributed by atoms with E-state index in [0.717, 1.165) is 11.3 Å². The van der Waals surface area contributed by atoms with E-state index in [1.54, 1.807) is 0 Å². The average Bonchev–Trinajstić information content (AvgIpc) is 3.01. The van der Waals surface area contributed by atoms with Gasteiger partial charge >= 0.3 is 0 Å². The Bertz CT molecular complexity index is 463. The highest BCUT2D eigenvalue weighted by molar-refractivity contribution is 5.58. The summed E-state index contributed by atoms with van der Waals surface area (Å²) in [6.07, 6.45) is 6.42. The molecule has 1 atom stereocenters. The van der Waals surface area contributed by atoms with E-state index in [4.69, 9.17) is 4.74 Å². The Morgan fingerprint density at radius 3 is 2.33 bits per heavy atom. The fourth-order valence-electron chi connectivity index (χ4n) is 3.31. The number of hydrogen-bond donors (Lipinski definition) is 0. The zero-order valence-corrected chi connectivity index (χ0v) is 14.1. The molecule has 0 saturated heterocycles. The van der Waals surface area contributed by atoms with Crippen LogP contribution >= 0.6 is 0 Å². The van der Waals surface area contributed by atoms with Crippen LogP contribution in [0.1, 0.15) is 76.8 Å². The number of ether oxygens (including phenoxy) is 1. The standard InChI is InChI=1S/C20H30O/c1-6-15(2)17-11-13-18(14-12-17)16(3)21-20(4,5)19-9-7-8-10-19/h11-15,19H,3,6-10H2,1-2,4-5H3. The van der Waals surface area contributed by atoms with Crippen LogP contribution in [0.4, 0.5) is 0 Å². The first-order chi connectivity index (χ1) is 9.94. The Kier molecular flexibility index (Phi) is 5.13. The first-order valence-electron chi connectivity index (χ1n) is 8.42. The van der Waals surface area contributed by atoms with Gasteiger partial charge in [0.1, 0.15) is 11.4 Å². The predicted octanol–water partition coefficient (Wildman–Crippen LogP) is 6.16. The lowest BCUT2D eigenvalue weighted by Crippen LogP contribution is -2.32. The summed E-state index contributed by atoms with van der Waals surface area (Å²) in [5.41, 5.74) is 2.39. The largest absolute Gasteiger partial charge is 0.488 e. The van der Waals surface area contributed by atoms with Crippen LogP contribution in [0.15, 0.2) is 30.8 Å². The highest BCUT2D eigenvalue weighted by Crippen LogP contribution is 2.38. The zero-order valence-electron chi connectivity index (χ0n) is 14.1. The third-order valence-electron chi connectivity index (χ3n) is 5.14. The summed E-state index contributed by atoms with van der Waals surface area (Å²) >= 11 is 0. The number of rotatable bonds is 6. The molecule has 0 radical (unpaired) electrons. The van der Waals surface area contributed by atoms with Gasteiger partial charge < -0.3 is 4.74 Å². The highest BCUT2D eigenvalue weighted by atomic mass is 16.5. The fraction of sp³-hybridized carbons (Fsp3) is 0.600. The van der Waals surface area contributed by atoms with Crippen LogP contribution < -0.4 is 0 Å². The van der Waals surface area contributed by atoms with Crippen molar-refractivity contribution in [1.29, 1.82) is 0 Å². The van der Waals surface area contributed by atoms with E-state index in [1.165, 1.54) is 37.7 Å². The SMILES string of the molecule is C=C(OC(C)(C)C1CCCC1)c1ccc(C(C)CC)cc1. The van der Waals surface area contributed by atoms with Gasteiger partial charge in [0.15, 0.2) is 0 Å². The number of hydrogen-bond acceptors (Lipinski definition) is 1. The summed E-state index contributed by atoms with van der Waals surface area (Å²) in [6.45, 7) is 13.1. The van der Waals surface area contributed by atoms with Gasteiger partial charge in [-0.3, -0.25) is 0 Å². The molecule has 1 aromatic rings. The van der Waals surface area contributed by atoms with Crippen molar-refractivity contribution in [3.63, 3.8) is 0 Å². The van der Waals surface area contributed by atoms with Gasteiger partial charge in [-0.1, -0.05) is 57.5 Å². The quantitative estimate of drug-likeness (QED) is 0.569. The average molecular weight is 286 g/mol. The van der Waals surface area contributed by atoms with Gasteiger partial charge in [-0.2, -0.15) is 0 Å². The molecule has 0 amide bonds. The number of benzene rings is 1. The topological polar surface area (TPSA) is 9.23 Å². The minimum atomic E-state index is -0.108. The maximum absolute atomic E-state index is 6.24. The van der Waals surface area contributed by atoms with Crippen LogP contribution in [-0.4, -0.2) is 5.60 Å². The van der Waals surface area contributed by atoms with E-state index in [-0.39, 0.29) is 5.60 Å². The lowest BCUT2D eigenvalue weighted by atomic mass is 9.89. The van der Waals surface area contributed by atoms with E-state index in [0.29, 0.717) is 11.8 Å². The van der Waals surface area contributed by atoms with Crippen LogP contribution in [0.2, 0.25) is 0 Å². The van der Waals surface area contributed by atoms with Gasteiger partial charge in [-0.05, 0) is 50.5 Å². The molecular weight excluding hydrogens is 256 g/mol. The molecule has 116 valence electrons. The van der Waals surface area contributed by atoms with Crippen LogP contribution in [0.25, 0.3) is 5.76 Å². The maximum atomic E-state index is 6.24. The first-order valence-corrected chi connectivity index (χ1v) is 8.42. The molecule has 0 N–H and O–H groups in total. The second-order valence-electron chi connectivity index (χ2n) is 7.04. The van der Waals surface area contributed by atoms with Gasteiger partial charge in [-0.15, -0.1) is 0 Å². The Morgan fingerprint density at radius 1 is 1.24 bits per heavy atom. The van der Waals surface area contributed by atoms with Crippen molar-refractivity contribution in [2.75, 3.05) is 0 Å². The summed E-state index contributed by atoms with van der Waals surface area (Å²) < 4.78 is 6.24. The van der Waals surface area contributed by atoms with Crippen molar-refractivity contribution in [2.24, 2.45) is 5.92 Å². The molecule has 0 bridgehead atoms. The Morgan fingerprint density at radius 2 is 1.81 bits per heavy atom. The smallest absolute Gasteiger partial charge is 0.120 e. The van der Waals surface area contributed by atoms with E-state index >= 15 is 0 Å². The lowest BCUT2D eigenvalue weighted by molar-refractivity contribution is 0.0198. The molecule has 21 heavy (non-hydrogen) atoms. The summed E-state index contributed by atoms with van der Waals surface area (Å²) in [6, 6.07) is 8.71. The van der Waals surface area contributed by atoms with Crippen molar-refractivity contribution in [3.05, 3.63) is 42.0 Å². The van der Waals surface area contributed by atoms with Crippen molar-refractivity contribution < 1.29 is 4.74 Å². The molecule has 1 fully saturated rings. The van der Waals surface area contributed by atoms with Gasteiger partial charge in [0.05, 0.1) is 0 Å². The van der Waals surface area contributed by atoms with Gasteiger partial charge in [0.25, 0.3) is 0 Å². The summed E-state index contributed by atoms with van der Waals surface area (Å²) in [7, 11) is 0. The molecule has 1 nitrogen and oxygen atoms in total. The van der Waals surface area contributed by atoms with Crippen molar-refractivity contribution in [3.8, 4) is 0 Å². The molecule has 2 rings (SSSR count). The Labute approximate surface area is 130 Å². The molecule has 1 aliphatic carbocycles. The Hall–Kier alpha value is -1.24. The van der Waals surface area contributed by atoms with E-state index in [9.17, 15) is 0 Å². The van der Waals surface area contributed by atoms with Crippen LogP contribution in [-0.2, 0) is 4.74 Å². The third-order valence-corrected chi connectivity index (χ3v) is 5.14. The normalized spacial score (nSPS) is 17.7. The summed E-state index contributed by atoms with van der Waals surface area (Å²) in [5.74, 6) is 2.08. The van der Waals surface area contributed by atoms with Crippen LogP contribution in [0, 0.1) is 5.92 Å². The lowest BCUT2D eigenvalue weighted by Gasteiger charge is -2.33. The second kappa shape index (κ2) is 6.68. The van der Waals surface area contributed by atoms with E-state index in [2.05, 4.69) is 58.5 Å². The molecular formula is C20H30O. The molecule has 0 aliphatic heterocycles. The van der Waals surface area contributed by atoms with Crippen molar-refractivity contribution in [1.82, 2.24) is 0 Å². The zero-order chi connectivity index (χ0) is 15.5. The fourth-order valence-corrected chi connectivity index (χ4v) is 3.31. The minimum absolute atomic E-state index is 0.108. The molecule has 0 spiro atoms. The van der Waals surface area contributed by atoms with E-state index in [1.807, 2.05) is 0 Å². The van der Waals surface area contributed by atoms with Gasteiger partial charge in [0.2, 0.25) is 0 Å². The van der Waals surface area contributed by atoms with Crippen LogP contribution in [0.5, 0.6) is 0 Å². The maximum Gasteiger partial charge on any atom is 0.120 e. The molecule has 1 unspecified atom stereocenters. The predicted molar refractivity (Wildman–Crippen MR) is 91.3 cm³/mol. The third kappa shape index (κ3) is 3.90. The Balaban J connectivity index is 2.02. The summed E-state index contributed by atoms with van der Waals surface area (Å²) in [4.78, 5) is 0. The first kappa shape index (κ1) is 16.1. The van der Waals surface area contributed by atoms with Gasteiger partial charge in [-0.25, -0.2) is 0 Å². The van der Waals surface area contributed by atoms with E-state index < -0.39 is 0 Å². The molecule has 1 saturated carbocycles. The van der Waals surface area contributed by atoms with Crippen molar-refractivity contribution in [2.45, 2.75) is 71.3 Å². The summed E-state index contributed by atoms with van der Waals surface area (Å²) in [5, 5.41) is 0.